The molecule has 0 aliphatic heterocycles. The molecule has 0 saturated carbocycles. The number of fused-ring (bicyclic) bond motifs is 1. The number of benzene rings is 2. The number of carbonyl (C=O) groups excluding carboxylic acids is 2. The number of alkyl halides is 3. The van der Waals surface area contributed by atoms with Gasteiger partial charge in [0.1, 0.15) is 5.82 Å². The van der Waals surface area contributed by atoms with Crippen molar-refractivity contribution in [3.63, 3.8) is 0 Å². The van der Waals surface area contributed by atoms with Crippen LogP contribution >= 0.6 is 0 Å². The fraction of sp³-hybridized carbons (Fsp3) is 0.118. The number of carbonyl (C=O) groups is 2. The van der Waals surface area contributed by atoms with Crippen molar-refractivity contribution in [3.05, 3.63) is 65.0 Å². The monoisotopic (exact) mass is 335 g/mol. The number of ketones is 2. The number of hydrogen-bond donors (Lipinski definition) is 0. The quantitative estimate of drug-likeness (QED) is 0.581. The lowest BCUT2D eigenvalue weighted by molar-refractivity contribution is -0.139. The van der Waals surface area contributed by atoms with E-state index >= 15 is 0 Å². The molecule has 0 N–H and O–H groups in total. The number of aliphatic imine (C=N–C) groups is 1. The van der Waals surface area contributed by atoms with E-state index in [4.69, 9.17) is 0 Å². The molecule has 3 nitrogen and oxygen atoms in total. The number of halogens is 4. The van der Waals surface area contributed by atoms with Crippen molar-refractivity contribution in [2.24, 2.45) is 4.99 Å². The summed E-state index contributed by atoms with van der Waals surface area (Å²) in [4.78, 5) is 27.6. The molecule has 0 heterocycles. The summed E-state index contributed by atoms with van der Waals surface area (Å²) in [5.41, 5.74) is -0.855. The maximum Gasteiger partial charge on any atom is 0.419 e. The van der Waals surface area contributed by atoms with E-state index in [0.29, 0.717) is 17.7 Å². The highest BCUT2D eigenvalue weighted by Crippen LogP contribution is 2.34. The van der Waals surface area contributed by atoms with Crippen molar-refractivity contribution in [1.82, 2.24) is 0 Å². The van der Waals surface area contributed by atoms with E-state index in [2.05, 4.69) is 4.99 Å². The van der Waals surface area contributed by atoms with Crippen LogP contribution in [0.25, 0.3) is 0 Å². The van der Waals surface area contributed by atoms with Gasteiger partial charge in [-0.3, -0.25) is 14.6 Å². The normalized spacial score (nSPS) is 16.4. The third-order valence-electron chi connectivity index (χ3n) is 3.58. The Morgan fingerprint density at radius 2 is 1.62 bits per heavy atom. The predicted octanol–water partition coefficient (Wildman–Crippen LogP) is 4.12. The zero-order chi connectivity index (χ0) is 17.5. The maximum absolute atomic E-state index is 13.3. The zero-order valence-corrected chi connectivity index (χ0v) is 12.0. The van der Waals surface area contributed by atoms with Crippen molar-refractivity contribution in [3.8, 4) is 0 Å². The average Bonchev–Trinajstić information content (AvgIpc) is 2.53. The van der Waals surface area contributed by atoms with Gasteiger partial charge in [0, 0.05) is 11.1 Å². The lowest BCUT2D eigenvalue weighted by Crippen LogP contribution is -2.27. The van der Waals surface area contributed by atoms with Gasteiger partial charge in [0.15, 0.2) is 0 Å². The summed E-state index contributed by atoms with van der Waals surface area (Å²) >= 11 is 0. The lowest BCUT2D eigenvalue weighted by atomic mass is 9.88. The predicted molar refractivity (Wildman–Crippen MR) is 78.0 cm³/mol. The molecule has 1 aliphatic rings. The van der Waals surface area contributed by atoms with E-state index in [9.17, 15) is 27.2 Å². The fourth-order valence-electron chi connectivity index (χ4n) is 2.47. The molecule has 0 fully saturated rings. The molecule has 0 bridgehead atoms. The van der Waals surface area contributed by atoms with Gasteiger partial charge in [-0.15, -0.1) is 0 Å². The molecule has 0 aromatic heterocycles. The van der Waals surface area contributed by atoms with Gasteiger partial charge in [-0.2, -0.15) is 13.2 Å². The summed E-state index contributed by atoms with van der Waals surface area (Å²) in [6.07, 6.45) is -5.16. The second-order valence-electron chi connectivity index (χ2n) is 5.20. The van der Waals surface area contributed by atoms with Gasteiger partial charge < -0.3 is 0 Å². The van der Waals surface area contributed by atoms with Gasteiger partial charge in [-0.1, -0.05) is 24.3 Å². The van der Waals surface area contributed by atoms with E-state index in [-0.39, 0.29) is 23.4 Å². The van der Waals surface area contributed by atoms with E-state index in [1.165, 1.54) is 6.07 Å². The molecule has 2 aromatic rings. The van der Waals surface area contributed by atoms with Crippen LogP contribution in [0.2, 0.25) is 0 Å². The maximum atomic E-state index is 13.3. The summed E-state index contributed by atoms with van der Waals surface area (Å²) in [5, 5.41) is 0. The van der Waals surface area contributed by atoms with E-state index in [1.807, 2.05) is 0 Å². The SMILES string of the molecule is O=C1CC(=Nc2ccc(F)c(C(F)(F)F)c2)c2ccccc2C1=O. The van der Waals surface area contributed by atoms with Gasteiger partial charge >= 0.3 is 6.18 Å². The Bertz CT molecular complexity index is 884. The van der Waals surface area contributed by atoms with Crippen LogP contribution in [-0.2, 0) is 11.0 Å². The van der Waals surface area contributed by atoms with Crippen LogP contribution in [0.3, 0.4) is 0 Å². The Kier molecular flexibility index (Phi) is 3.79. The summed E-state index contributed by atoms with van der Waals surface area (Å²) in [6, 6.07) is 8.55. The molecule has 2 aromatic carbocycles. The van der Waals surface area contributed by atoms with E-state index in [1.54, 1.807) is 18.2 Å². The third kappa shape index (κ3) is 2.84. The molecule has 0 radical (unpaired) electrons. The van der Waals surface area contributed by atoms with Crippen molar-refractivity contribution in [2.45, 2.75) is 12.6 Å². The second kappa shape index (κ2) is 5.67. The molecule has 122 valence electrons. The molecule has 3 rings (SSSR count). The number of nitrogens with zero attached hydrogens (tertiary/aromatic N) is 1. The summed E-state index contributed by atoms with van der Waals surface area (Å²) < 4.78 is 51.6. The lowest BCUT2D eigenvalue weighted by Gasteiger charge is -2.16. The van der Waals surface area contributed by atoms with Crippen LogP contribution in [-0.4, -0.2) is 17.3 Å². The summed E-state index contributed by atoms with van der Waals surface area (Å²) in [5.74, 6) is -2.74. The zero-order valence-electron chi connectivity index (χ0n) is 12.0. The van der Waals surface area contributed by atoms with Crippen molar-refractivity contribution < 1.29 is 27.2 Å². The highest BCUT2D eigenvalue weighted by molar-refractivity contribution is 6.51. The standard InChI is InChI=1S/C17H9F4NO2/c18-13-6-5-9(7-12(13)17(19,20)21)22-14-8-15(23)16(24)11-4-2-1-3-10(11)14/h1-7H,8H2. The molecular formula is C17H9F4NO2. The fourth-order valence-corrected chi connectivity index (χ4v) is 2.47. The number of hydrogen-bond acceptors (Lipinski definition) is 3. The van der Waals surface area contributed by atoms with Crippen molar-refractivity contribution in [2.75, 3.05) is 0 Å². The topological polar surface area (TPSA) is 46.5 Å². The Morgan fingerprint density at radius 1 is 0.958 bits per heavy atom. The van der Waals surface area contributed by atoms with Crippen LogP contribution in [0.1, 0.15) is 27.9 Å². The summed E-state index contributed by atoms with van der Waals surface area (Å²) in [7, 11) is 0. The van der Waals surface area contributed by atoms with Gasteiger partial charge in [-0.25, -0.2) is 4.39 Å². The second-order valence-corrected chi connectivity index (χ2v) is 5.20. The first kappa shape index (κ1) is 16.0. The largest absolute Gasteiger partial charge is 0.419 e. The van der Waals surface area contributed by atoms with Crippen LogP contribution in [0, 0.1) is 5.82 Å². The first-order chi connectivity index (χ1) is 11.3. The van der Waals surface area contributed by atoms with Crippen molar-refractivity contribution >= 4 is 23.0 Å². The van der Waals surface area contributed by atoms with E-state index < -0.39 is 29.1 Å². The molecule has 0 spiro atoms. The van der Waals surface area contributed by atoms with Crippen LogP contribution < -0.4 is 0 Å². The Balaban J connectivity index is 2.11. The van der Waals surface area contributed by atoms with Gasteiger partial charge in [0.05, 0.1) is 23.4 Å². The minimum Gasteiger partial charge on any atom is -0.290 e. The Labute approximate surface area is 133 Å². The van der Waals surface area contributed by atoms with E-state index in [0.717, 1.165) is 6.07 Å². The van der Waals surface area contributed by atoms with Crippen LogP contribution in [0.15, 0.2) is 47.5 Å². The number of rotatable bonds is 1. The summed E-state index contributed by atoms with van der Waals surface area (Å²) in [6.45, 7) is 0. The molecule has 24 heavy (non-hydrogen) atoms. The highest BCUT2D eigenvalue weighted by Gasteiger charge is 2.34. The highest BCUT2D eigenvalue weighted by atomic mass is 19.4. The van der Waals surface area contributed by atoms with Crippen LogP contribution in [0.4, 0.5) is 23.2 Å². The smallest absolute Gasteiger partial charge is 0.290 e. The van der Waals surface area contributed by atoms with Crippen LogP contribution in [0.5, 0.6) is 0 Å². The minimum absolute atomic E-state index is 0.143. The Hall–Kier alpha value is -2.83. The third-order valence-corrected chi connectivity index (χ3v) is 3.58. The first-order valence-corrected chi connectivity index (χ1v) is 6.88. The first-order valence-electron chi connectivity index (χ1n) is 6.88. The number of Topliss-reactive ketones (excluding diaryl/α,β-unsaturated/α-hetero) is 2. The van der Waals surface area contributed by atoms with Gasteiger partial charge in [0.25, 0.3) is 0 Å². The molecule has 0 amide bonds. The average molecular weight is 335 g/mol. The van der Waals surface area contributed by atoms with Gasteiger partial charge in [0.2, 0.25) is 11.6 Å². The van der Waals surface area contributed by atoms with Crippen molar-refractivity contribution in [1.29, 1.82) is 0 Å². The Morgan fingerprint density at radius 3 is 2.29 bits per heavy atom. The molecular weight excluding hydrogens is 326 g/mol. The molecule has 0 saturated heterocycles. The molecule has 1 aliphatic carbocycles. The minimum atomic E-state index is -4.85. The molecule has 7 heteroatoms. The molecule has 0 atom stereocenters. The van der Waals surface area contributed by atoms with Gasteiger partial charge in [-0.05, 0) is 18.2 Å². The molecule has 0 unspecified atom stereocenters.